The van der Waals surface area contributed by atoms with E-state index < -0.39 is 29.4 Å². The minimum absolute atomic E-state index is 0.0379. The molecule has 7 rings (SSSR count). The number of esters is 1. The molecule has 248 valence electrons. The number of para-hydroxylation sites is 1. The second-order valence-corrected chi connectivity index (χ2v) is 14.2. The van der Waals surface area contributed by atoms with E-state index in [-0.39, 0.29) is 47.2 Å². The molecule has 0 spiro atoms. The number of allylic oxidation sites excluding steroid dienone is 1. The molecule has 4 aliphatic carbocycles. The average Bonchev–Trinajstić information content (AvgIpc) is 3.35. The highest BCUT2D eigenvalue weighted by molar-refractivity contribution is 6.24. The lowest BCUT2D eigenvalue weighted by Gasteiger charge is -2.60. The predicted molar refractivity (Wildman–Crippen MR) is 176 cm³/mol. The van der Waals surface area contributed by atoms with E-state index >= 15 is 0 Å². The molecule has 2 aromatic heterocycles. The van der Waals surface area contributed by atoms with Crippen molar-refractivity contribution < 1.29 is 28.3 Å². The van der Waals surface area contributed by atoms with Crippen LogP contribution >= 0.6 is 11.6 Å². The number of aryl methyl sites for hydroxylation is 1. The number of nitrogens with zero attached hydrogens (tertiary/aromatic N) is 1. The summed E-state index contributed by atoms with van der Waals surface area (Å²) in [5, 5.41) is 9.36. The van der Waals surface area contributed by atoms with Crippen LogP contribution in [0.1, 0.15) is 67.5 Å². The number of nitrogens with one attached hydrogen (secondary N) is 3. The summed E-state index contributed by atoms with van der Waals surface area (Å²) in [5.74, 6) is -0.971. The number of fused-ring (bicyclic) bond motifs is 1. The summed E-state index contributed by atoms with van der Waals surface area (Å²) in [6.45, 7) is 1.55. The molecule has 1 aromatic carbocycles. The second kappa shape index (κ2) is 13.0. The zero-order valence-electron chi connectivity index (χ0n) is 26.5. The van der Waals surface area contributed by atoms with Crippen molar-refractivity contribution in [1.82, 2.24) is 15.2 Å². The fraction of sp³-hybridized carbons (Fsp3) is 0.457. The number of aromatic nitrogens is 1. The third kappa shape index (κ3) is 7.00. The van der Waals surface area contributed by atoms with E-state index in [9.17, 15) is 24.0 Å². The van der Waals surface area contributed by atoms with Gasteiger partial charge < -0.3 is 29.7 Å². The molecule has 11 nitrogen and oxygen atoms in total. The Balaban J connectivity index is 1.15. The molecule has 3 atom stereocenters. The highest BCUT2D eigenvalue weighted by Crippen LogP contribution is 2.60. The third-order valence-corrected chi connectivity index (χ3v) is 10.2. The molecule has 2 heterocycles. The maximum Gasteiger partial charge on any atom is 0.330 e. The Morgan fingerprint density at radius 3 is 2.55 bits per heavy atom. The Labute approximate surface area is 277 Å². The van der Waals surface area contributed by atoms with Crippen LogP contribution in [-0.4, -0.2) is 51.8 Å². The lowest BCUT2D eigenvalue weighted by molar-refractivity contribution is -0.135. The van der Waals surface area contributed by atoms with Crippen molar-refractivity contribution in [3.05, 3.63) is 76.4 Å². The van der Waals surface area contributed by atoms with E-state index in [4.69, 9.17) is 16.0 Å². The van der Waals surface area contributed by atoms with Gasteiger partial charge in [-0.2, -0.15) is 0 Å². The van der Waals surface area contributed by atoms with Gasteiger partial charge in [0.25, 0.3) is 11.5 Å². The van der Waals surface area contributed by atoms with E-state index in [0.717, 1.165) is 43.9 Å². The Morgan fingerprint density at radius 2 is 1.85 bits per heavy atom. The second-order valence-electron chi connectivity index (χ2n) is 13.4. The molecule has 4 fully saturated rings. The number of benzene rings is 1. The number of halogens is 1. The van der Waals surface area contributed by atoms with Gasteiger partial charge in [-0.15, -0.1) is 11.6 Å². The van der Waals surface area contributed by atoms with Gasteiger partial charge in [0.1, 0.15) is 23.9 Å². The molecule has 3 amide bonds. The number of hydrogen-bond acceptors (Lipinski definition) is 7. The first-order chi connectivity index (χ1) is 22.5. The molecule has 2 unspecified atom stereocenters. The van der Waals surface area contributed by atoms with E-state index in [1.165, 1.54) is 36.1 Å². The Morgan fingerprint density at radius 1 is 1.11 bits per heavy atom. The number of ether oxygens (including phenoxy) is 1. The first-order valence-corrected chi connectivity index (χ1v) is 16.4. The summed E-state index contributed by atoms with van der Waals surface area (Å²) < 4.78 is 11.6. The number of amides is 3. The molecule has 0 radical (unpaired) electrons. The molecule has 12 heteroatoms. The molecule has 4 aliphatic rings. The van der Waals surface area contributed by atoms with Crippen LogP contribution in [0.2, 0.25) is 0 Å². The van der Waals surface area contributed by atoms with Gasteiger partial charge in [-0.25, -0.2) is 4.79 Å². The lowest BCUT2D eigenvalue weighted by atomic mass is 9.52. The minimum Gasteiger partial charge on any atom is -0.466 e. The lowest BCUT2D eigenvalue weighted by Crippen LogP contribution is -2.64. The highest BCUT2D eigenvalue weighted by Gasteiger charge is 2.57. The van der Waals surface area contributed by atoms with E-state index in [1.54, 1.807) is 25.1 Å². The third-order valence-electron chi connectivity index (χ3n) is 9.74. The van der Waals surface area contributed by atoms with Crippen molar-refractivity contribution in [3.63, 3.8) is 0 Å². The largest absolute Gasteiger partial charge is 0.466 e. The molecule has 0 saturated heterocycles. The van der Waals surface area contributed by atoms with Crippen molar-refractivity contribution in [2.75, 3.05) is 12.4 Å². The zero-order valence-corrected chi connectivity index (χ0v) is 27.2. The maximum absolute atomic E-state index is 13.5. The van der Waals surface area contributed by atoms with Gasteiger partial charge in [-0.3, -0.25) is 19.2 Å². The van der Waals surface area contributed by atoms with E-state index in [0.29, 0.717) is 23.0 Å². The molecule has 4 bridgehead atoms. The number of methoxy groups -OCH3 is 1. The van der Waals surface area contributed by atoms with E-state index in [1.807, 2.05) is 12.1 Å². The van der Waals surface area contributed by atoms with Gasteiger partial charge in [0, 0.05) is 33.6 Å². The van der Waals surface area contributed by atoms with Crippen LogP contribution in [-0.2, 0) is 25.7 Å². The quantitative estimate of drug-likeness (QED) is 0.154. The number of hydrogen-bond donors (Lipinski definition) is 3. The standard InChI is InChI=1S/C35H39ClN4O7/c1-21-24-8-3-5-11-27(24)47-30(21)32(44)37-25(9-4-6-12-29(42)46-2)31(43)38-26-10-7-13-40(33(26)45)19-28(41)39-35-17-22-14-23(18-35)16-34(36,15-22)20-35/h3,5-8,10-13,22-23,25H,4,9,14-20H2,1-2H3,(H,37,44)(H,38,43)(H,39,41)/b12-6+/t22?,23?,25-,34?,35?/m0/s1. The molecular formula is C35H39ClN4O7. The Bertz CT molecular complexity index is 1800. The number of alkyl halides is 1. The van der Waals surface area contributed by atoms with Gasteiger partial charge in [-0.1, -0.05) is 24.3 Å². The van der Waals surface area contributed by atoms with Gasteiger partial charge >= 0.3 is 5.97 Å². The minimum atomic E-state index is -1.09. The first-order valence-electron chi connectivity index (χ1n) is 16.0. The number of carbonyl (C=O) groups is 4. The summed E-state index contributed by atoms with van der Waals surface area (Å²) in [7, 11) is 1.26. The van der Waals surface area contributed by atoms with Gasteiger partial charge in [-0.05, 0) is 88.3 Å². The van der Waals surface area contributed by atoms with Crippen LogP contribution in [0, 0.1) is 18.8 Å². The van der Waals surface area contributed by atoms with Crippen LogP contribution in [0.15, 0.2) is 64.0 Å². The number of rotatable bonds is 11. The van der Waals surface area contributed by atoms with Crippen LogP contribution in [0.4, 0.5) is 5.69 Å². The summed E-state index contributed by atoms with van der Waals surface area (Å²) >= 11 is 6.93. The SMILES string of the molecule is COC(=O)/C=C/CC[C@H](NC(=O)c1oc2ccccc2c1C)C(=O)Nc1cccn(CC(=O)NC23CC4CC(CC(Cl)(C4)C2)C3)c1=O. The number of carbonyl (C=O) groups excluding carboxylic acids is 4. The monoisotopic (exact) mass is 662 g/mol. The van der Waals surface area contributed by atoms with Crippen LogP contribution < -0.4 is 21.5 Å². The fourth-order valence-electron chi connectivity index (χ4n) is 8.16. The summed E-state index contributed by atoms with van der Waals surface area (Å²) in [5.41, 5.74) is 0.228. The van der Waals surface area contributed by atoms with Crippen molar-refractivity contribution in [1.29, 1.82) is 0 Å². The van der Waals surface area contributed by atoms with E-state index in [2.05, 4.69) is 20.7 Å². The molecule has 3 N–H and O–H groups in total. The molecule has 3 aromatic rings. The summed E-state index contributed by atoms with van der Waals surface area (Å²) in [4.78, 5) is 64.8. The zero-order chi connectivity index (χ0) is 33.3. The van der Waals surface area contributed by atoms with Gasteiger partial charge in [0.2, 0.25) is 11.8 Å². The molecule has 0 aliphatic heterocycles. The summed E-state index contributed by atoms with van der Waals surface area (Å²) in [6, 6.07) is 9.16. The highest BCUT2D eigenvalue weighted by atomic mass is 35.5. The average molecular weight is 663 g/mol. The van der Waals surface area contributed by atoms with Crippen LogP contribution in [0.3, 0.4) is 0 Å². The Kier molecular flexibility index (Phi) is 9.02. The summed E-state index contributed by atoms with van der Waals surface area (Å²) in [6.07, 6.45) is 10.3. The predicted octanol–water partition coefficient (Wildman–Crippen LogP) is 4.60. The van der Waals surface area contributed by atoms with Crippen molar-refractivity contribution in [3.8, 4) is 0 Å². The Hall–Kier alpha value is -4.38. The van der Waals surface area contributed by atoms with Gasteiger partial charge in [0.05, 0.1) is 7.11 Å². The van der Waals surface area contributed by atoms with Crippen LogP contribution in [0.5, 0.6) is 0 Å². The number of anilines is 1. The molecular weight excluding hydrogens is 624 g/mol. The van der Waals surface area contributed by atoms with Crippen molar-refractivity contribution in [2.45, 2.75) is 81.3 Å². The maximum atomic E-state index is 13.5. The smallest absolute Gasteiger partial charge is 0.330 e. The van der Waals surface area contributed by atoms with Crippen LogP contribution in [0.25, 0.3) is 11.0 Å². The first kappa shape index (κ1) is 32.6. The number of furan rings is 1. The van der Waals surface area contributed by atoms with Crippen molar-refractivity contribution >= 4 is 51.9 Å². The van der Waals surface area contributed by atoms with Gasteiger partial charge in [0.15, 0.2) is 5.76 Å². The van der Waals surface area contributed by atoms with Crippen molar-refractivity contribution in [2.24, 2.45) is 11.8 Å². The number of pyridine rings is 1. The molecule has 4 saturated carbocycles. The topological polar surface area (TPSA) is 149 Å². The molecule has 47 heavy (non-hydrogen) atoms. The normalized spacial score (nSPS) is 25.1. The fourth-order valence-corrected chi connectivity index (χ4v) is 8.85.